The van der Waals surface area contributed by atoms with Crippen molar-refractivity contribution in [2.45, 2.75) is 26.8 Å². The van der Waals surface area contributed by atoms with Gasteiger partial charge in [-0.15, -0.1) is 0 Å². The molecule has 0 radical (unpaired) electrons. The maximum Gasteiger partial charge on any atom is 0.253 e. The van der Waals surface area contributed by atoms with E-state index in [-0.39, 0.29) is 11.8 Å². The second kappa shape index (κ2) is 9.53. The number of carbonyl (C=O) groups excluding carboxylic acids is 2. The fraction of sp³-hybridized carbons (Fsp3) is 0.579. The fourth-order valence-electron chi connectivity index (χ4n) is 3.17. The molecule has 2 rings (SSSR count). The molecule has 6 nitrogen and oxygen atoms in total. The van der Waals surface area contributed by atoms with E-state index in [1.54, 1.807) is 0 Å². The Hall–Kier alpha value is -1.92. The number of hydrogen-bond donors (Lipinski definition) is 1. The average Bonchev–Trinajstić information content (AvgIpc) is 2.88. The van der Waals surface area contributed by atoms with Gasteiger partial charge in [0, 0.05) is 51.4 Å². The molecular weight excluding hydrogens is 316 g/mol. The molecule has 6 heteroatoms. The minimum Gasteiger partial charge on any atom is -0.342 e. The minimum absolute atomic E-state index is 0.0560. The monoisotopic (exact) mass is 346 g/mol. The summed E-state index contributed by atoms with van der Waals surface area (Å²) >= 11 is 0. The van der Waals surface area contributed by atoms with Crippen molar-refractivity contribution < 1.29 is 9.59 Å². The average molecular weight is 346 g/mol. The van der Waals surface area contributed by atoms with Gasteiger partial charge in [-0.1, -0.05) is 12.1 Å². The third kappa shape index (κ3) is 5.28. The number of nitrogens with two attached hydrogens (primary N) is 1. The van der Waals surface area contributed by atoms with E-state index in [1.807, 2.05) is 47.9 Å². The van der Waals surface area contributed by atoms with Crippen molar-refractivity contribution in [3.05, 3.63) is 35.4 Å². The third-order valence-electron chi connectivity index (χ3n) is 4.79. The molecule has 0 saturated carbocycles. The summed E-state index contributed by atoms with van der Waals surface area (Å²) in [5, 5.41) is 0. The minimum atomic E-state index is 0.0560. The van der Waals surface area contributed by atoms with Gasteiger partial charge in [0.2, 0.25) is 5.91 Å². The zero-order valence-corrected chi connectivity index (χ0v) is 15.4. The highest BCUT2D eigenvalue weighted by Crippen LogP contribution is 2.11. The predicted octanol–water partition coefficient (Wildman–Crippen LogP) is 1.16. The molecule has 0 unspecified atom stereocenters. The predicted molar refractivity (Wildman–Crippen MR) is 99.2 cm³/mol. The van der Waals surface area contributed by atoms with E-state index in [0.29, 0.717) is 25.2 Å². The summed E-state index contributed by atoms with van der Waals surface area (Å²) in [5.41, 5.74) is 7.32. The molecule has 1 aliphatic heterocycles. The molecule has 1 aliphatic rings. The van der Waals surface area contributed by atoms with Crippen molar-refractivity contribution in [2.75, 3.05) is 45.8 Å². The topological polar surface area (TPSA) is 69.9 Å². The Kier molecular flexibility index (Phi) is 7.40. The van der Waals surface area contributed by atoms with E-state index in [4.69, 9.17) is 5.73 Å². The molecular formula is C19H30N4O2. The number of hydrogen-bond acceptors (Lipinski definition) is 4. The third-order valence-corrected chi connectivity index (χ3v) is 4.79. The highest BCUT2D eigenvalue weighted by molar-refractivity contribution is 5.94. The van der Waals surface area contributed by atoms with Crippen molar-refractivity contribution in [3.8, 4) is 0 Å². The molecule has 1 saturated heterocycles. The first-order valence-corrected chi connectivity index (χ1v) is 9.17. The van der Waals surface area contributed by atoms with Crippen molar-refractivity contribution >= 4 is 11.8 Å². The van der Waals surface area contributed by atoms with E-state index < -0.39 is 0 Å². The van der Waals surface area contributed by atoms with Crippen LogP contribution in [0.1, 0.15) is 36.2 Å². The van der Waals surface area contributed by atoms with Gasteiger partial charge in [0.25, 0.3) is 5.91 Å². The molecule has 25 heavy (non-hydrogen) atoms. The van der Waals surface area contributed by atoms with Crippen molar-refractivity contribution in [1.29, 1.82) is 0 Å². The zero-order valence-electron chi connectivity index (χ0n) is 15.4. The molecule has 0 atom stereocenters. The number of carbonyl (C=O) groups is 2. The summed E-state index contributed by atoms with van der Waals surface area (Å²) in [4.78, 5) is 30.9. The quantitative estimate of drug-likeness (QED) is 0.839. The van der Waals surface area contributed by atoms with Crippen LogP contribution >= 0.6 is 0 Å². The second-order valence-corrected chi connectivity index (χ2v) is 6.39. The Labute approximate surface area is 150 Å². The Balaban J connectivity index is 1.91. The van der Waals surface area contributed by atoms with E-state index >= 15 is 0 Å². The fourth-order valence-corrected chi connectivity index (χ4v) is 3.17. The molecule has 2 N–H and O–H groups in total. The van der Waals surface area contributed by atoms with Gasteiger partial charge in [0.15, 0.2) is 0 Å². The van der Waals surface area contributed by atoms with Gasteiger partial charge in [-0.2, -0.15) is 0 Å². The second-order valence-electron chi connectivity index (χ2n) is 6.39. The summed E-state index contributed by atoms with van der Waals surface area (Å²) in [5.74, 6) is 0.225. The number of amides is 2. The normalized spacial score (nSPS) is 15.7. The molecule has 1 fully saturated rings. The number of nitrogens with zero attached hydrogens (tertiary/aromatic N) is 3. The van der Waals surface area contributed by atoms with Gasteiger partial charge in [0.1, 0.15) is 0 Å². The largest absolute Gasteiger partial charge is 0.342 e. The van der Waals surface area contributed by atoms with Crippen LogP contribution in [-0.2, 0) is 11.3 Å². The van der Waals surface area contributed by atoms with E-state index in [2.05, 4.69) is 4.90 Å². The Bertz CT molecular complexity index is 569. The van der Waals surface area contributed by atoms with E-state index in [1.165, 1.54) is 0 Å². The molecule has 0 bridgehead atoms. The maximum absolute atomic E-state index is 12.7. The summed E-state index contributed by atoms with van der Waals surface area (Å²) in [7, 11) is 0. The van der Waals surface area contributed by atoms with Gasteiger partial charge in [-0.05, 0) is 38.0 Å². The van der Waals surface area contributed by atoms with Crippen LogP contribution in [0.25, 0.3) is 0 Å². The lowest BCUT2D eigenvalue weighted by Crippen LogP contribution is -2.42. The first kappa shape index (κ1) is 19.4. The molecule has 0 spiro atoms. The molecule has 138 valence electrons. The lowest BCUT2D eigenvalue weighted by Gasteiger charge is -2.25. The molecule has 2 amide bonds. The molecule has 0 aromatic heterocycles. The summed E-state index contributed by atoms with van der Waals surface area (Å²) in [6, 6.07) is 7.49. The first-order chi connectivity index (χ1) is 12.1. The van der Waals surface area contributed by atoms with Gasteiger partial charge in [-0.3, -0.25) is 14.5 Å². The summed E-state index contributed by atoms with van der Waals surface area (Å²) in [6.45, 7) is 9.38. The molecule has 1 heterocycles. The molecule has 1 aromatic rings. The van der Waals surface area contributed by atoms with Gasteiger partial charge >= 0.3 is 0 Å². The zero-order chi connectivity index (χ0) is 18.2. The van der Waals surface area contributed by atoms with Crippen LogP contribution < -0.4 is 5.73 Å². The Morgan fingerprint density at radius 2 is 1.72 bits per heavy atom. The van der Waals surface area contributed by atoms with Gasteiger partial charge in [0.05, 0.1) is 6.54 Å². The van der Waals surface area contributed by atoms with Crippen molar-refractivity contribution in [3.63, 3.8) is 0 Å². The van der Waals surface area contributed by atoms with Crippen LogP contribution in [0.4, 0.5) is 0 Å². The van der Waals surface area contributed by atoms with E-state index in [0.717, 1.165) is 44.7 Å². The van der Waals surface area contributed by atoms with Crippen LogP contribution in [-0.4, -0.2) is 72.3 Å². The van der Waals surface area contributed by atoms with Crippen LogP contribution in [0.3, 0.4) is 0 Å². The Morgan fingerprint density at radius 3 is 2.32 bits per heavy atom. The molecule has 0 aliphatic carbocycles. The van der Waals surface area contributed by atoms with Crippen LogP contribution in [0.15, 0.2) is 24.3 Å². The first-order valence-electron chi connectivity index (χ1n) is 9.17. The summed E-state index contributed by atoms with van der Waals surface area (Å²) < 4.78 is 0. The standard InChI is InChI=1S/C19H30N4O2/c1-3-22(4-2)18(24)15-21-10-5-11-23(13-12-21)19(25)17-8-6-16(14-20)7-9-17/h6-9H,3-5,10-15,20H2,1-2H3. The highest BCUT2D eigenvalue weighted by Gasteiger charge is 2.22. The lowest BCUT2D eigenvalue weighted by atomic mass is 10.1. The Morgan fingerprint density at radius 1 is 1.04 bits per heavy atom. The highest BCUT2D eigenvalue weighted by atomic mass is 16.2. The number of rotatable bonds is 6. The van der Waals surface area contributed by atoms with Crippen LogP contribution in [0.5, 0.6) is 0 Å². The van der Waals surface area contributed by atoms with Gasteiger partial charge in [-0.25, -0.2) is 0 Å². The summed E-state index contributed by atoms with van der Waals surface area (Å²) in [6.07, 6.45) is 0.887. The van der Waals surface area contributed by atoms with Crippen molar-refractivity contribution in [2.24, 2.45) is 5.73 Å². The van der Waals surface area contributed by atoms with Gasteiger partial charge < -0.3 is 15.5 Å². The van der Waals surface area contributed by atoms with Crippen molar-refractivity contribution in [1.82, 2.24) is 14.7 Å². The lowest BCUT2D eigenvalue weighted by molar-refractivity contribution is -0.132. The van der Waals surface area contributed by atoms with Crippen LogP contribution in [0.2, 0.25) is 0 Å². The van der Waals surface area contributed by atoms with Crippen LogP contribution in [0, 0.1) is 0 Å². The molecule has 1 aromatic carbocycles. The smallest absolute Gasteiger partial charge is 0.253 e. The van der Waals surface area contributed by atoms with E-state index in [9.17, 15) is 9.59 Å². The SMILES string of the molecule is CCN(CC)C(=O)CN1CCCN(C(=O)c2ccc(CN)cc2)CC1. The number of benzene rings is 1. The maximum atomic E-state index is 12.7. The number of likely N-dealkylation sites (N-methyl/N-ethyl adjacent to an activating group) is 1.